The number of anilines is 2. The van der Waals surface area contributed by atoms with Crippen LogP contribution in [0.4, 0.5) is 11.4 Å². The average Bonchev–Trinajstić information content (AvgIpc) is 2.85. The number of fused-ring (bicyclic) bond motifs is 1. The summed E-state index contributed by atoms with van der Waals surface area (Å²) in [5.41, 5.74) is 8.04. The van der Waals surface area contributed by atoms with Crippen molar-refractivity contribution in [1.82, 2.24) is 10.2 Å². The number of aromatic nitrogens is 2. The minimum absolute atomic E-state index is 0.280. The zero-order valence-electron chi connectivity index (χ0n) is 10.4. The van der Waals surface area contributed by atoms with Crippen LogP contribution in [0.15, 0.2) is 42.6 Å². The summed E-state index contributed by atoms with van der Waals surface area (Å²) < 4.78 is 0. The van der Waals surface area contributed by atoms with E-state index in [-0.39, 0.29) is 5.91 Å². The molecule has 0 saturated heterocycles. The molecule has 5 nitrogen and oxygen atoms in total. The number of amides is 1. The average molecular weight is 287 g/mol. The van der Waals surface area contributed by atoms with Crippen LogP contribution in [0.5, 0.6) is 0 Å². The van der Waals surface area contributed by atoms with Gasteiger partial charge in [-0.15, -0.1) is 0 Å². The number of carbonyl (C=O) groups excluding carboxylic acids is 1. The van der Waals surface area contributed by atoms with Crippen molar-refractivity contribution >= 4 is 39.8 Å². The number of nitrogens with zero attached hydrogens (tertiary/aromatic N) is 1. The molecule has 0 aliphatic carbocycles. The molecule has 0 aliphatic heterocycles. The fourth-order valence-corrected chi connectivity index (χ4v) is 2.13. The summed E-state index contributed by atoms with van der Waals surface area (Å²) in [5, 5.41) is 11.0. The Kier molecular flexibility index (Phi) is 3.04. The lowest BCUT2D eigenvalue weighted by Crippen LogP contribution is -2.13. The highest BCUT2D eigenvalue weighted by atomic mass is 35.5. The molecule has 0 fully saturated rings. The lowest BCUT2D eigenvalue weighted by atomic mass is 10.1. The van der Waals surface area contributed by atoms with E-state index in [1.165, 1.54) is 0 Å². The summed E-state index contributed by atoms with van der Waals surface area (Å²) in [6.45, 7) is 0. The van der Waals surface area contributed by atoms with Gasteiger partial charge in [-0.3, -0.25) is 9.89 Å². The van der Waals surface area contributed by atoms with Crippen LogP contribution in [0.25, 0.3) is 10.9 Å². The molecule has 0 unspecified atom stereocenters. The van der Waals surface area contributed by atoms with Gasteiger partial charge in [0.25, 0.3) is 5.91 Å². The van der Waals surface area contributed by atoms with Crippen molar-refractivity contribution in [3.05, 3.63) is 53.2 Å². The predicted molar refractivity (Wildman–Crippen MR) is 79.9 cm³/mol. The maximum atomic E-state index is 12.2. The van der Waals surface area contributed by atoms with Gasteiger partial charge in [0.2, 0.25) is 0 Å². The van der Waals surface area contributed by atoms with Crippen LogP contribution in [-0.4, -0.2) is 16.1 Å². The maximum absolute atomic E-state index is 12.2. The highest BCUT2D eigenvalue weighted by Crippen LogP contribution is 2.21. The lowest BCUT2D eigenvalue weighted by Gasteiger charge is -2.08. The summed E-state index contributed by atoms with van der Waals surface area (Å²) in [6.07, 6.45) is 1.72. The highest BCUT2D eigenvalue weighted by molar-refractivity contribution is 6.31. The van der Waals surface area contributed by atoms with Crippen molar-refractivity contribution in [1.29, 1.82) is 0 Å². The van der Waals surface area contributed by atoms with Crippen LogP contribution >= 0.6 is 11.6 Å². The molecule has 1 heterocycles. The number of halogens is 1. The fourth-order valence-electron chi connectivity index (χ4n) is 1.95. The number of rotatable bonds is 2. The first-order valence-corrected chi connectivity index (χ1v) is 6.31. The highest BCUT2D eigenvalue weighted by Gasteiger charge is 2.10. The first kappa shape index (κ1) is 12.5. The van der Waals surface area contributed by atoms with Gasteiger partial charge in [0.1, 0.15) is 0 Å². The van der Waals surface area contributed by atoms with E-state index in [2.05, 4.69) is 15.5 Å². The summed E-state index contributed by atoms with van der Waals surface area (Å²) in [4.78, 5) is 12.2. The topological polar surface area (TPSA) is 83.8 Å². The van der Waals surface area contributed by atoms with Crippen LogP contribution in [0.3, 0.4) is 0 Å². The molecule has 0 aliphatic rings. The molecule has 1 aromatic heterocycles. The number of nitrogen functional groups attached to an aromatic ring is 1. The Morgan fingerprint density at radius 3 is 2.90 bits per heavy atom. The molecule has 1 amide bonds. The van der Waals surface area contributed by atoms with Crippen molar-refractivity contribution in [3.63, 3.8) is 0 Å². The number of hydrogen-bond acceptors (Lipinski definition) is 3. The molecule has 3 rings (SSSR count). The zero-order chi connectivity index (χ0) is 14.1. The number of nitrogens with two attached hydrogens (primary N) is 1. The van der Waals surface area contributed by atoms with Crippen molar-refractivity contribution in [2.24, 2.45) is 0 Å². The minimum atomic E-state index is -0.280. The van der Waals surface area contributed by atoms with E-state index in [4.69, 9.17) is 17.3 Å². The Hall–Kier alpha value is -2.53. The molecule has 0 radical (unpaired) electrons. The van der Waals surface area contributed by atoms with Crippen molar-refractivity contribution in [2.45, 2.75) is 0 Å². The van der Waals surface area contributed by atoms with Crippen LogP contribution in [0.1, 0.15) is 10.4 Å². The molecule has 20 heavy (non-hydrogen) atoms. The summed E-state index contributed by atoms with van der Waals surface area (Å²) in [5.74, 6) is -0.280. The summed E-state index contributed by atoms with van der Waals surface area (Å²) in [7, 11) is 0. The summed E-state index contributed by atoms with van der Waals surface area (Å²) in [6, 6.07) is 10.3. The molecule has 6 heteroatoms. The molecular weight excluding hydrogens is 276 g/mol. The Morgan fingerprint density at radius 2 is 2.10 bits per heavy atom. The van der Waals surface area contributed by atoms with Crippen molar-refractivity contribution in [3.8, 4) is 0 Å². The number of benzene rings is 2. The van der Waals surface area contributed by atoms with E-state index in [0.717, 1.165) is 10.9 Å². The molecule has 4 N–H and O–H groups in total. The maximum Gasteiger partial charge on any atom is 0.257 e. The van der Waals surface area contributed by atoms with E-state index in [1.54, 1.807) is 24.4 Å². The number of hydrogen-bond donors (Lipinski definition) is 3. The largest absolute Gasteiger partial charge is 0.398 e. The molecule has 2 aromatic carbocycles. The first-order chi connectivity index (χ1) is 9.63. The molecule has 0 saturated carbocycles. The second-order valence-corrected chi connectivity index (χ2v) is 4.79. The monoisotopic (exact) mass is 286 g/mol. The number of H-pyrrole nitrogens is 1. The van der Waals surface area contributed by atoms with Gasteiger partial charge < -0.3 is 11.1 Å². The lowest BCUT2D eigenvalue weighted by molar-refractivity contribution is 0.102. The van der Waals surface area contributed by atoms with Gasteiger partial charge in [-0.2, -0.15) is 5.10 Å². The van der Waals surface area contributed by atoms with Crippen molar-refractivity contribution < 1.29 is 4.79 Å². The van der Waals surface area contributed by atoms with Crippen LogP contribution in [0, 0.1) is 0 Å². The Labute approximate surface area is 119 Å². The van der Waals surface area contributed by atoms with E-state index < -0.39 is 0 Å². The third kappa shape index (κ3) is 2.31. The van der Waals surface area contributed by atoms with Crippen molar-refractivity contribution in [2.75, 3.05) is 11.1 Å². The van der Waals surface area contributed by atoms with Gasteiger partial charge >= 0.3 is 0 Å². The normalized spacial score (nSPS) is 10.7. The predicted octanol–water partition coefficient (Wildman–Crippen LogP) is 3.05. The van der Waals surface area contributed by atoms with Gasteiger partial charge in [0, 0.05) is 21.8 Å². The molecular formula is C14H11ClN4O. The van der Waals surface area contributed by atoms with Gasteiger partial charge in [-0.05, 0) is 36.4 Å². The Morgan fingerprint density at radius 1 is 1.25 bits per heavy atom. The smallest absolute Gasteiger partial charge is 0.257 e. The van der Waals surface area contributed by atoms with Crippen LogP contribution in [0.2, 0.25) is 5.02 Å². The van der Waals surface area contributed by atoms with E-state index in [0.29, 0.717) is 22.0 Å². The number of aromatic amines is 1. The quantitative estimate of drug-likeness (QED) is 0.633. The van der Waals surface area contributed by atoms with Crippen LogP contribution in [-0.2, 0) is 0 Å². The molecule has 0 bridgehead atoms. The van der Waals surface area contributed by atoms with Gasteiger partial charge in [0.15, 0.2) is 0 Å². The molecule has 3 aromatic rings. The summed E-state index contributed by atoms with van der Waals surface area (Å²) >= 11 is 5.81. The fraction of sp³-hybridized carbons (Fsp3) is 0. The van der Waals surface area contributed by atoms with E-state index in [9.17, 15) is 4.79 Å². The van der Waals surface area contributed by atoms with Gasteiger partial charge in [-0.1, -0.05) is 11.6 Å². The second kappa shape index (κ2) is 4.86. The third-order valence-electron chi connectivity index (χ3n) is 2.96. The molecule has 0 spiro atoms. The first-order valence-electron chi connectivity index (χ1n) is 5.93. The SMILES string of the molecule is Nc1cc(Cl)ccc1C(=O)Nc1ccc2cn[nH]c2c1. The molecule has 100 valence electrons. The zero-order valence-corrected chi connectivity index (χ0v) is 11.1. The number of nitrogens with one attached hydrogen (secondary N) is 2. The molecule has 0 atom stereocenters. The van der Waals surface area contributed by atoms with E-state index in [1.807, 2.05) is 18.2 Å². The standard InChI is InChI=1S/C14H11ClN4O/c15-9-2-4-11(12(16)5-9)14(20)18-10-3-1-8-7-17-19-13(8)6-10/h1-7H,16H2,(H,17,19)(H,18,20). The van der Waals surface area contributed by atoms with Gasteiger partial charge in [-0.25, -0.2) is 0 Å². The van der Waals surface area contributed by atoms with Gasteiger partial charge in [0.05, 0.1) is 17.3 Å². The minimum Gasteiger partial charge on any atom is -0.398 e. The Balaban J connectivity index is 1.87. The van der Waals surface area contributed by atoms with E-state index >= 15 is 0 Å². The third-order valence-corrected chi connectivity index (χ3v) is 3.19. The number of carbonyl (C=O) groups is 1. The Bertz CT molecular complexity index is 797. The second-order valence-electron chi connectivity index (χ2n) is 4.36. The van der Waals surface area contributed by atoms with Crippen LogP contribution < -0.4 is 11.1 Å².